The zero-order valence-corrected chi connectivity index (χ0v) is 16.2. The van der Waals surface area contributed by atoms with Gasteiger partial charge in [-0.3, -0.25) is 4.55 Å². The Hall–Kier alpha value is -3.42. The van der Waals surface area contributed by atoms with Gasteiger partial charge in [0.05, 0.1) is 23.3 Å². The number of rotatable bonds is 4. The molecule has 4 aromatic rings. The Bertz CT molecular complexity index is 1310. The van der Waals surface area contributed by atoms with Gasteiger partial charge in [-0.1, -0.05) is 48.5 Å². The van der Waals surface area contributed by atoms with Crippen LogP contribution in [-0.4, -0.2) is 31.0 Å². The molecule has 0 fully saturated rings. The van der Waals surface area contributed by atoms with Crippen molar-refractivity contribution in [3.63, 3.8) is 0 Å². The number of methoxy groups -OCH3 is 1. The molecule has 0 aliphatic carbocycles. The third-order valence-corrected chi connectivity index (χ3v) is 5.59. The molecule has 4 rings (SSSR count). The maximum atomic E-state index is 11.9. The molecule has 1 aromatic heterocycles. The second-order valence-electron chi connectivity index (χ2n) is 6.49. The number of benzene rings is 3. The third kappa shape index (κ3) is 3.53. The molecule has 146 valence electrons. The second-order valence-corrected chi connectivity index (χ2v) is 7.91. The first-order chi connectivity index (χ1) is 13.9. The van der Waals surface area contributed by atoms with E-state index < -0.39 is 16.1 Å². The minimum absolute atomic E-state index is 0.174. The lowest BCUT2D eigenvalue weighted by atomic mass is 9.98. The van der Waals surface area contributed by atoms with E-state index in [0.717, 1.165) is 33.3 Å². The Morgan fingerprint density at radius 2 is 1.62 bits per heavy atom. The highest BCUT2D eigenvalue weighted by molar-refractivity contribution is 7.85. The number of hydrogen-bond donors (Lipinski definition) is 2. The van der Waals surface area contributed by atoms with Crippen molar-refractivity contribution in [1.29, 1.82) is 0 Å². The molecule has 2 N–H and O–H groups in total. The van der Waals surface area contributed by atoms with Crippen molar-refractivity contribution >= 4 is 27.0 Å². The van der Waals surface area contributed by atoms with Crippen LogP contribution in [0.4, 0.5) is 0 Å². The summed E-state index contributed by atoms with van der Waals surface area (Å²) in [6.45, 7) is 0. The first kappa shape index (κ1) is 18.9. The minimum atomic E-state index is -4.27. The van der Waals surface area contributed by atoms with Crippen LogP contribution in [0.15, 0.2) is 77.7 Å². The van der Waals surface area contributed by atoms with Gasteiger partial charge < -0.3 is 9.72 Å². The number of fused-ring (bicyclic) bond motifs is 1. The predicted molar refractivity (Wildman–Crippen MR) is 110 cm³/mol. The normalized spacial score (nSPS) is 11.5. The van der Waals surface area contributed by atoms with Crippen LogP contribution in [0.3, 0.4) is 0 Å². The van der Waals surface area contributed by atoms with Crippen molar-refractivity contribution in [3.05, 3.63) is 78.4 Å². The molecule has 0 atom stereocenters. The molecule has 0 saturated heterocycles. The fourth-order valence-corrected chi connectivity index (χ4v) is 3.84. The van der Waals surface area contributed by atoms with E-state index >= 15 is 0 Å². The fraction of sp³-hybridized carbons (Fsp3) is 0.0455. The Kier molecular flexibility index (Phi) is 4.70. The number of aromatic amines is 1. The van der Waals surface area contributed by atoms with Gasteiger partial charge in [-0.05, 0) is 35.4 Å². The molecular weight excluding hydrogens is 390 g/mol. The van der Waals surface area contributed by atoms with Crippen molar-refractivity contribution in [1.82, 2.24) is 4.98 Å². The van der Waals surface area contributed by atoms with E-state index in [2.05, 4.69) is 4.98 Å². The summed E-state index contributed by atoms with van der Waals surface area (Å²) in [7, 11) is -2.94. The second kappa shape index (κ2) is 7.20. The molecule has 6 nitrogen and oxygen atoms in total. The first-order valence-electron chi connectivity index (χ1n) is 8.76. The van der Waals surface area contributed by atoms with E-state index in [1.54, 1.807) is 24.3 Å². The largest absolute Gasteiger partial charge is 0.465 e. The molecule has 29 heavy (non-hydrogen) atoms. The van der Waals surface area contributed by atoms with Gasteiger partial charge in [0.2, 0.25) is 0 Å². The van der Waals surface area contributed by atoms with E-state index in [9.17, 15) is 17.8 Å². The van der Waals surface area contributed by atoms with E-state index in [1.165, 1.54) is 19.2 Å². The molecule has 0 aliphatic heterocycles. The zero-order valence-electron chi connectivity index (χ0n) is 15.4. The standard InChI is InChI=1S/C22H17NO5S/c1-28-22(24)16-9-12-18-19(13-16)23-21(20(18)14-5-3-2-4-6-14)15-7-10-17(11-8-15)29(25,26)27/h2-13,23H,1H3,(H,25,26,27). The fourth-order valence-electron chi connectivity index (χ4n) is 3.36. The number of esters is 1. The number of carbonyl (C=O) groups is 1. The number of ether oxygens (including phenoxy) is 1. The topological polar surface area (TPSA) is 96.5 Å². The van der Waals surface area contributed by atoms with Crippen LogP contribution in [0.25, 0.3) is 33.3 Å². The van der Waals surface area contributed by atoms with Crippen molar-refractivity contribution in [2.75, 3.05) is 7.11 Å². The highest BCUT2D eigenvalue weighted by atomic mass is 32.2. The number of hydrogen-bond acceptors (Lipinski definition) is 4. The Morgan fingerprint density at radius 1 is 0.931 bits per heavy atom. The van der Waals surface area contributed by atoms with E-state index in [-0.39, 0.29) is 4.90 Å². The lowest BCUT2D eigenvalue weighted by Crippen LogP contribution is -2.00. The Labute approximate surface area is 167 Å². The van der Waals surface area contributed by atoms with Gasteiger partial charge in [0.1, 0.15) is 0 Å². The van der Waals surface area contributed by atoms with Crippen LogP contribution >= 0.6 is 0 Å². The lowest BCUT2D eigenvalue weighted by Gasteiger charge is -2.06. The average Bonchev–Trinajstić information content (AvgIpc) is 3.12. The lowest BCUT2D eigenvalue weighted by molar-refractivity contribution is 0.0601. The van der Waals surface area contributed by atoms with Gasteiger partial charge in [-0.15, -0.1) is 0 Å². The van der Waals surface area contributed by atoms with Crippen LogP contribution in [0.5, 0.6) is 0 Å². The van der Waals surface area contributed by atoms with Crippen LogP contribution in [0.1, 0.15) is 10.4 Å². The summed E-state index contributed by atoms with van der Waals surface area (Å²) in [5, 5.41) is 0.915. The van der Waals surface area contributed by atoms with Gasteiger partial charge in [-0.2, -0.15) is 8.42 Å². The molecule has 0 saturated carbocycles. The minimum Gasteiger partial charge on any atom is -0.465 e. The van der Waals surface area contributed by atoms with E-state index in [4.69, 9.17) is 4.74 Å². The molecule has 0 spiro atoms. The first-order valence-corrected chi connectivity index (χ1v) is 10.2. The molecule has 0 radical (unpaired) electrons. The maximum Gasteiger partial charge on any atom is 0.337 e. The van der Waals surface area contributed by atoms with Gasteiger partial charge in [-0.25, -0.2) is 4.79 Å². The molecule has 1 heterocycles. The summed E-state index contributed by atoms with van der Waals surface area (Å²) in [5.74, 6) is -0.429. The van der Waals surface area contributed by atoms with Gasteiger partial charge in [0.25, 0.3) is 10.1 Å². The van der Waals surface area contributed by atoms with Crippen LogP contribution < -0.4 is 0 Å². The summed E-state index contributed by atoms with van der Waals surface area (Å²) in [6.07, 6.45) is 0. The van der Waals surface area contributed by atoms with Crippen LogP contribution in [0, 0.1) is 0 Å². The summed E-state index contributed by atoms with van der Waals surface area (Å²) < 4.78 is 36.7. The van der Waals surface area contributed by atoms with Crippen molar-refractivity contribution in [2.24, 2.45) is 0 Å². The number of carbonyl (C=O) groups excluding carboxylic acids is 1. The maximum absolute atomic E-state index is 11.9. The average molecular weight is 407 g/mol. The monoisotopic (exact) mass is 407 g/mol. The van der Waals surface area contributed by atoms with Gasteiger partial charge >= 0.3 is 5.97 Å². The van der Waals surface area contributed by atoms with Crippen molar-refractivity contribution in [3.8, 4) is 22.4 Å². The smallest absolute Gasteiger partial charge is 0.337 e. The molecule has 0 unspecified atom stereocenters. The number of H-pyrrole nitrogens is 1. The number of nitrogens with one attached hydrogen (secondary N) is 1. The highest BCUT2D eigenvalue weighted by Crippen LogP contribution is 2.38. The van der Waals surface area contributed by atoms with E-state index in [1.807, 2.05) is 36.4 Å². The number of aromatic nitrogens is 1. The SMILES string of the molecule is COC(=O)c1ccc2c(-c3ccccc3)c(-c3ccc(S(=O)(=O)O)cc3)[nH]c2c1. The molecular formula is C22H17NO5S. The molecule has 0 amide bonds. The van der Waals surface area contributed by atoms with Crippen molar-refractivity contribution in [2.45, 2.75) is 4.90 Å². The van der Waals surface area contributed by atoms with Crippen LogP contribution in [-0.2, 0) is 14.9 Å². The highest BCUT2D eigenvalue weighted by Gasteiger charge is 2.18. The zero-order chi connectivity index (χ0) is 20.6. The molecule has 0 aliphatic rings. The molecule has 7 heteroatoms. The van der Waals surface area contributed by atoms with Crippen molar-refractivity contribution < 1.29 is 22.5 Å². The summed E-state index contributed by atoms with van der Waals surface area (Å²) >= 11 is 0. The molecule has 3 aromatic carbocycles. The summed E-state index contributed by atoms with van der Waals surface area (Å²) in [6, 6.07) is 21.0. The van der Waals surface area contributed by atoms with Crippen LogP contribution in [0.2, 0.25) is 0 Å². The summed E-state index contributed by atoms with van der Waals surface area (Å²) in [4.78, 5) is 15.1. The van der Waals surface area contributed by atoms with Gasteiger partial charge in [0, 0.05) is 16.5 Å². The molecule has 0 bridgehead atoms. The predicted octanol–water partition coefficient (Wildman–Crippen LogP) is 4.54. The quantitative estimate of drug-likeness (QED) is 0.383. The van der Waals surface area contributed by atoms with Gasteiger partial charge in [0.15, 0.2) is 0 Å². The Balaban J connectivity index is 1.95. The third-order valence-electron chi connectivity index (χ3n) is 4.72. The van der Waals surface area contributed by atoms with E-state index in [0.29, 0.717) is 5.56 Å². The Morgan fingerprint density at radius 3 is 2.24 bits per heavy atom. The summed E-state index contributed by atoms with van der Waals surface area (Å²) in [5.41, 5.74) is 4.59.